The summed E-state index contributed by atoms with van der Waals surface area (Å²) in [6.45, 7) is 6.60. The smallest absolute Gasteiger partial charge is 0.306 e. The molecule has 0 bridgehead atoms. The summed E-state index contributed by atoms with van der Waals surface area (Å²) in [5.41, 5.74) is 0. The zero-order chi connectivity index (χ0) is 55.7. The van der Waals surface area contributed by atoms with Gasteiger partial charge in [0.1, 0.15) is 13.2 Å². The first-order valence-corrected chi connectivity index (χ1v) is 33.8. The fourth-order valence-electron chi connectivity index (χ4n) is 9.86. The molecule has 6 heteroatoms. The molecule has 0 aromatic carbocycles. The average Bonchev–Trinajstić information content (AvgIpc) is 3.43. The molecule has 448 valence electrons. The number of rotatable bonds is 62. The van der Waals surface area contributed by atoms with Crippen molar-refractivity contribution in [3.05, 3.63) is 60.8 Å². The van der Waals surface area contributed by atoms with Gasteiger partial charge in [-0.3, -0.25) is 14.4 Å². The highest BCUT2D eigenvalue weighted by Crippen LogP contribution is 2.17. The Morgan fingerprint density at radius 3 is 0.792 bits per heavy atom. The van der Waals surface area contributed by atoms with E-state index in [1.807, 2.05) is 0 Å². The number of hydrogen-bond donors (Lipinski definition) is 0. The summed E-state index contributed by atoms with van der Waals surface area (Å²) < 4.78 is 16.9. The van der Waals surface area contributed by atoms with Gasteiger partial charge in [-0.05, 0) is 103 Å². The van der Waals surface area contributed by atoms with E-state index in [1.165, 1.54) is 231 Å². The maximum atomic E-state index is 12.9. The Hall–Kier alpha value is -2.89. The van der Waals surface area contributed by atoms with Gasteiger partial charge in [0.05, 0.1) is 0 Å². The van der Waals surface area contributed by atoms with Crippen molar-refractivity contribution in [2.24, 2.45) is 0 Å². The molecule has 0 aliphatic heterocycles. The van der Waals surface area contributed by atoms with E-state index in [-0.39, 0.29) is 31.1 Å². The molecule has 0 aromatic heterocycles. The monoisotopic (exact) mass is 1080 g/mol. The van der Waals surface area contributed by atoms with E-state index in [0.717, 1.165) is 83.5 Å². The number of ether oxygens (including phenoxy) is 3. The fraction of sp³-hybridized carbons (Fsp3) is 0.817. The zero-order valence-corrected chi connectivity index (χ0v) is 51.5. The van der Waals surface area contributed by atoms with Crippen molar-refractivity contribution in [2.45, 2.75) is 361 Å². The van der Waals surface area contributed by atoms with Gasteiger partial charge in [0.2, 0.25) is 0 Å². The Kier molecular flexibility index (Phi) is 63.2. The maximum Gasteiger partial charge on any atom is 0.306 e. The van der Waals surface area contributed by atoms with Crippen molar-refractivity contribution in [1.29, 1.82) is 0 Å². The third kappa shape index (κ3) is 63.8. The number of allylic oxidation sites excluding steroid dienone is 10. The second-order valence-electron chi connectivity index (χ2n) is 22.7. The normalized spacial score (nSPS) is 12.4. The van der Waals surface area contributed by atoms with Gasteiger partial charge < -0.3 is 14.2 Å². The largest absolute Gasteiger partial charge is 0.462 e. The molecule has 0 radical (unpaired) electrons. The molecule has 0 heterocycles. The predicted molar refractivity (Wildman–Crippen MR) is 335 cm³/mol. The van der Waals surface area contributed by atoms with Crippen LogP contribution in [0.5, 0.6) is 0 Å². The van der Waals surface area contributed by atoms with Crippen LogP contribution in [-0.2, 0) is 28.6 Å². The molecule has 0 spiro atoms. The van der Waals surface area contributed by atoms with Gasteiger partial charge in [0, 0.05) is 19.3 Å². The minimum absolute atomic E-state index is 0.0757. The average molecular weight is 1080 g/mol. The summed E-state index contributed by atoms with van der Waals surface area (Å²) in [5, 5.41) is 0. The molecule has 0 amide bonds. The highest BCUT2D eigenvalue weighted by atomic mass is 16.6. The highest BCUT2D eigenvalue weighted by Gasteiger charge is 2.19. The standard InChI is InChI=1S/C71H128O6/c1-4-7-10-13-16-19-22-24-26-28-30-31-32-33-34-35-36-37-38-39-40-41-42-44-45-47-49-52-55-58-61-64-70(73)76-67-68(66-75-69(72)63-60-57-54-51-21-18-15-12-9-6-3)77-71(74)65-62-59-56-53-50-48-46-43-29-27-25-23-20-17-14-11-8-5-2/h12,15,22,24,27-30,32-33,68H,4-11,13-14,16-21,23,25-26,31,34-67H2,1-3H3/b15-12-,24-22-,29-27-,30-28-,33-32-. The molecule has 0 aliphatic rings. The lowest BCUT2D eigenvalue weighted by atomic mass is 10.0. The predicted octanol–water partition coefficient (Wildman–Crippen LogP) is 23.1. The molecule has 6 nitrogen and oxygen atoms in total. The van der Waals surface area contributed by atoms with Gasteiger partial charge in [-0.2, -0.15) is 0 Å². The van der Waals surface area contributed by atoms with Crippen LogP contribution in [0.15, 0.2) is 60.8 Å². The topological polar surface area (TPSA) is 78.9 Å². The highest BCUT2D eigenvalue weighted by molar-refractivity contribution is 5.71. The summed E-state index contributed by atoms with van der Waals surface area (Å²) in [5.74, 6) is -0.874. The number of hydrogen-bond acceptors (Lipinski definition) is 6. The first-order chi connectivity index (χ1) is 38.0. The molecular formula is C71H128O6. The summed E-state index contributed by atoms with van der Waals surface area (Å²) in [7, 11) is 0. The van der Waals surface area contributed by atoms with E-state index in [4.69, 9.17) is 14.2 Å². The van der Waals surface area contributed by atoms with E-state index >= 15 is 0 Å². The van der Waals surface area contributed by atoms with Crippen molar-refractivity contribution < 1.29 is 28.6 Å². The Labute approximate surface area is 479 Å². The molecule has 0 aliphatic carbocycles. The molecule has 1 atom stereocenters. The lowest BCUT2D eigenvalue weighted by Gasteiger charge is -2.18. The molecule has 77 heavy (non-hydrogen) atoms. The van der Waals surface area contributed by atoms with E-state index in [2.05, 4.69) is 81.5 Å². The van der Waals surface area contributed by atoms with Crippen LogP contribution in [-0.4, -0.2) is 37.2 Å². The van der Waals surface area contributed by atoms with Gasteiger partial charge in [-0.15, -0.1) is 0 Å². The first kappa shape index (κ1) is 74.1. The summed E-state index contributed by atoms with van der Waals surface area (Å²) in [6, 6.07) is 0. The van der Waals surface area contributed by atoms with Crippen molar-refractivity contribution >= 4 is 17.9 Å². The van der Waals surface area contributed by atoms with E-state index < -0.39 is 6.10 Å². The molecule has 0 saturated carbocycles. The van der Waals surface area contributed by atoms with Crippen LogP contribution >= 0.6 is 0 Å². The van der Waals surface area contributed by atoms with E-state index in [0.29, 0.717) is 19.3 Å². The minimum atomic E-state index is -0.778. The van der Waals surface area contributed by atoms with Crippen molar-refractivity contribution in [3.8, 4) is 0 Å². The zero-order valence-electron chi connectivity index (χ0n) is 51.5. The number of esters is 3. The van der Waals surface area contributed by atoms with Gasteiger partial charge in [0.25, 0.3) is 0 Å². The molecule has 0 aromatic rings. The SMILES string of the molecule is CCC/C=C\CCCCCCCC(=O)OCC(COC(=O)CCCCCCCCCCCCCCCCCC/C=C\C/C=C\C/C=C\CCCCCCC)OC(=O)CCCCCCCCC/C=C\CCCCCCCCC. The number of unbranched alkanes of at least 4 members (excludes halogenated alkanes) is 41. The van der Waals surface area contributed by atoms with Crippen LogP contribution < -0.4 is 0 Å². The lowest BCUT2D eigenvalue weighted by molar-refractivity contribution is -0.167. The molecule has 0 saturated heterocycles. The van der Waals surface area contributed by atoms with Crippen molar-refractivity contribution in [2.75, 3.05) is 13.2 Å². The summed E-state index contributed by atoms with van der Waals surface area (Å²) >= 11 is 0. The molecule has 0 rings (SSSR count). The Morgan fingerprint density at radius 2 is 0.494 bits per heavy atom. The van der Waals surface area contributed by atoms with Gasteiger partial charge in [-0.25, -0.2) is 0 Å². The first-order valence-electron chi connectivity index (χ1n) is 33.8. The van der Waals surface area contributed by atoms with Crippen LogP contribution in [0.1, 0.15) is 355 Å². The summed E-state index contributed by atoms with van der Waals surface area (Å²) in [4.78, 5) is 38.2. The Morgan fingerprint density at radius 1 is 0.260 bits per heavy atom. The van der Waals surface area contributed by atoms with Crippen LogP contribution in [0.3, 0.4) is 0 Å². The van der Waals surface area contributed by atoms with Crippen LogP contribution in [0.4, 0.5) is 0 Å². The van der Waals surface area contributed by atoms with Crippen molar-refractivity contribution in [3.63, 3.8) is 0 Å². The lowest BCUT2D eigenvalue weighted by Crippen LogP contribution is -2.30. The third-order valence-corrected chi connectivity index (χ3v) is 14.9. The fourth-order valence-corrected chi connectivity index (χ4v) is 9.86. The van der Waals surface area contributed by atoms with E-state index in [9.17, 15) is 14.4 Å². The van der Waals surface area contributed by atoms with Crippen LogP contribution in [0.2, 0.25) is 0 Å². The summed E-state index contributed by atoms with van der Waals surface area (Å²) in [6.07, 6.45) is 84.0. The second-order valence-corrected chi connectivity index (χ2v) is 22.7. The number of carbonyl (C=O) groups is 3. The minimum Gasteiger partial charge on any atom is -0.462 e. The molecule has 0 fully saturated rings. The molecule has 1 unspecified atom stereocenters. The second kappa shape index (κ2) is 65.6. The van der Waals surface area contributed by atoms with Gasteiger partial charge >= 0.3 is 17.9 Å². The van der Waals surface area contributed by atoms with Crippen LogP contribution in [0, 0.1) is 0 Å². The Balaban J connectivity index is 4.13. The van der Waals surface area contributed by atoms with E-state index in [1.54, 1.807) is 0 Å². The third-order valence-electron chi connectivity index (χ3n) is 14.9. The van der Waals surface area contributed by atoms with Crippen molar-refractivity contribution in [1.82, 2.24) is 0 Å². The molecular weight excluding hydrogens is 949 g/mol. The maximum absolute atomic E-state index is 12.9. The number of carbonyl (C=O) groups excluding carboxylic acids is 3. The molecule has 0 N–H and O–H groups in total. The van der Waals surface area contributed by atoms with Gasteiger partial charge in [0.15, 0.2) is 6.10 Å². The Bertz CT molecular complexity index is 1380. The quantitative estimate of drug-likeness (QED) is 0.0261. The van der Waals surface area contributed by atoms with Crippen LogP contribution in [0.25, 0.3) is 0 Å². The van der Waals surface area contributed by atoms with Gasteiger partial charge in [-0.1, -0.05) is 293 Å².